The van der Waals surface area contributed by atoms with Crippen molar-refractivity contribution in [3.8, 4) is 0 Å². The van der Waals surface area contributed by atoms with Crippen LogP contribution in [0.1, 0.15) is 44.4 Å². The minimum Gasteiger partial charge on any atom is -0.455 e. The lowest BCUT2D eigenvalue weighted by Gasteiger charge is -2.37. The van der Waals surface area contributed by atoms with E-state index in [1.807, 2.05) is 0 Å². The summed E-state index contributed by atoms with van der Waals surface area (Å²) >= 11 is 0. The predicted molar refractivity (Wildman–Crippen MR) is 131 cm³/mol. The van der Waals surface area contributed by atoms with Crippen LogP contribution >= 0.6 is 0 Å². The largest absolute Gasteiger partial charge is 0.455 e. The van der Waals surface area contributed by atoms with Gasteiger partial charge in [0.15, 0.2) is 0 Å². The van der Waals surface area contributed by atoms with E-state index in [2.05, 4.69) is 99.0 Å². The summed E-state index contributed by atoms with van der Waals surface area (Å²) in [6.07, 6.45) is 9.79. The van der Waals surface area contributed by atoms with Crippen molar-refractivity contribution in [3.05, 3.63) is 95.1 Å². The fourth-order valence-corrected chi connectivity index (χ4v) is 15.6. The van der Waals surface area contributed by atoms with Crippen LogP contribution in [-0.4, -0.2) is 36.2 Å². The van der Waals surface area contributed by atoms with Crippen molar-refractivity contribution in [3.63, 3.8) is 0 Å². The molecule has 2 aromatic carbocycles. The zero-order valence-corrected chi connectivity index (χ0v) is 22.1. The highest BCUT2D eigenvalue weighted by molar-refractivity contribution is 6.69. The average Bonchev–Trinajstić information content (AvgIpc) is 2.76. The zero-order chi connectivity index (χ0) is 20.8. The van der Waals surface area contributed by atoms with Crippen LogP contribution in [0.15, 0.2) is 72.8 Å². The standard InChI is InChI=1S/C24H28O2Si4/c1-27-21-13-14-23(18-10-6-5-9-17(18)21)29(3)26-30(4)24-16-15-22(28(2)25-27)19-11-7-8-12-20(19)24/h5-16,21-24H,1-4H3. The highest BCUT2D eigenvalue weighted by Crippen LogP contribution is 2.41. The molecule has 0 N–H and O–H groups in total. The number of benzene rings is 2. The smallest absolute Gasteiger partial charge is 0.206 e. The molecule has 4 unspecified atom stereocenters. The SMILES string of the molecule is C[Si]1O[Si](C)C2C=CC(c3ccccc32)[Si](C)O[Si](C)C2C=CC1c1ccccc12. The Morgan fingerprint density at radius 3 is 0.933 bits per heavy atom. The molecule has 4 radical (unpaired) electrons. The van der Waals surface area contributed by atoms with Crippen molar-refractivity contribution in [1.82, 2.24) is 0 Å². The highest BCUT2D eigenvalue weighted by Gasteiger charge is 2.38. The lowest BCUT2D eigenvalue weighted by molar-refractivity contribution is 0.556. The van der Waals surface area contributed by atoms with E-state index in [4.69, 9.17) is 8.23 Å². The summed E-state index contributed by atoms with van der Waals surface area (Å²) in [6, 6.07) is 18.1. The van der Waals surface area contributed by atoms with Gasteiger partial charge in [0.2, 0.25) is 36.2 Å². The third kappa shape index (κ3) is 3.53. The fraction of sp³-hybridized carbons (Fsp3) is 0.333. The second-order valence-electron chi connectivity index (χ2n) is 8.59. The molecule has 0 spiro atoms. The topological polar surface area (TPSA) is 18.5 Å². The van der Waals surface area contributed by atoms with Crippen LogP contribution in [0, 0.1) is 0 Å². The Morgan fingerprint density at radius 2 is 0.700 bits per heavy atom. The summed E-state index contributed by atoms with van der Waals surface area (Å²) in [6.45, 7) is 9.44. The van der Waals surface area contributed by atoms with Crippen LogP contribution in [0.3, 0.4) is 0 Å². The van der Waals surface area contributed by atoms with Crippen molar-refractivity contribution in [2.75, 3.05) is 0 Å². The molecule has 0 saturated heterocycles. The van der Waals surface area contributed by atoms with Crippen LogP contribution in [-0.2, 0) is 8.23 Å². The van der Waals surface area contributed by atoms with Crippen LogP contribution < -0.4 is 0 Å². The molecule has 3 aliphatic rings. The van der Waals surface area contributed by atoms with E-state index < -0.39 is 36.2 Å². The van der Waals surface area contributed by atoms with Gasteiger partial charge in [-0.15, -0.1) is 0 Å². The minimum atomic E-state index is -1.00. The van der Waals surface area contributed by atoms with Gasteiger partial charge in [-0.3, -0.25) is 0 Å². The Bertz CT molecular complexity index is 837. The molecule has 1 heterocycles. The number of fused-ring (bicyclic) bond motifs is 10. The number of hydrogen-bond acceptors (Lipinski definition) is 2. The Hall–Kier alpha value is -1.29. The van der Waals surface area contributed by atoms with E-state index in [0.717, 1.165) is 0 Å². The minimum absolute atomic E-state index is 0.419. The van der Waals surface area contributed by atoms with Gasteiger partial charge in [0.05, 0.1) is 0 Å². The second-order valence-corrected chi connectivity index (χ2v) is 17.6. The summed E-state index contributed by atoms with van der Waals surface area (Å²) in [5, 5.41) is 0. The van der Waals surface area contributed by atoms with Gasteiger partial charge >= 0.3 is 0 Å². The quantitative estimate of drug-likeness (QED) is 0.379. The molecule has 2 nitrogen and oxygen atoms in total. The van der Waals surface area contributed by atoms with Crippen LogP contribution in [0.5, 0.6) is 0 Å². The molecule has 6 heteroatoms. The first-order valence-electron chi connectivity index (χ1n) is 10.8. The average molecular weight is 461 g/mol. The third-order valence-electron chi connectivity index (χ3n) is 6.72. The summed E-state index contributed by atoms with van der Waals surface area (Å²) in [5.74, 6) is 0. The summed E-state index contributed by atoms with van der Waals surface area (Å²) in [7, 11) is -4.02. The molecule has 0 aromatic heterocycles. The molecule has 0 amide bonds. The molecule has 0 fully saturated rings. The summed E-state index contributed by atoms with van der Waals surface area (Å²) in [5.41, 5.74) is 7.59. The molecule has 0 saturated carbocycles. The van der Waals surface area contributed by atoms with Gasteiger partial charge in [-0.2, -0.15) is 0 Å². The molecule has 1 aliphatic heterocycles. The van der Waals surface area contributed by atoms with Gasteiger partial charge in [-0.25, -0.2) is 0 Å². The van der Waals surface area contributed by atoms with E-state index in [0.29, 0.717) is 22.2 Å². The normalized spacial score (nSPS) is 30.3. The first kappa shape index (κ1) is 20.6. The lowest BCUT2D eigenvalue weighted by atomic mass is 9.96. The molecule has 2 aliphatic carbocycles. The van der Waals surface area contributed by atoms with E-state index in [9.17, 15) is 0 Å². The first-order chi connectivity index (χ1) is 14.5. The summed E-state index contributed by atoms with van der Waals surface area (Å²) in [4.78, 5) is 0. The van der Waals surface area contributed by atoms with Crippen LogP contribution in [0.2, 0.25) is 26.2 Å². The first-order valence-corrected chi connectivity index (χ1v) is 18.7. The van der Waals surface area contributed by atoms with Crippen molar-refractivity contribution in [2.24, 2.45) is 0 Å². The molecule has 4 atom stereocenters. The maximum atomic E-state index is 6.91. The van der Waals surface area contributed by atoms with Crippen LogP contribution in [0.4, 0.5) is 0 Å². The lowest BCUT2D eigenvalue weighted by Crippen LogP contribution is -2.40. The van der Waals surface area contributed by atoms with Gasteiger partial charge in [0.25, 0.3) is 0 Å². The van der Waals surface area contributed by atoms with Crippen molar-refractivity contribution >= 4 is 36.2 Å². The molecule has 30 heavy (non-hydrogen) atoms. The van der Waals surface area contributed by atoms with Gasteiger partial charge in [0, 0.05) is 22.2 Å². The van der Waals surface area contributed by atoms with Crippen molar-refractivity contribution in [1.29, 1.82) is 0 Å². The molecular formula is C24H28O2Si4. The number of allylic oxidation sites excluding steroid dienone is 4. The van der Waals surface area contributed by atoms with E-state index >= 15 is 0 Å². The molecule has 4 bridgehead atoms. The van der Waals surface area contributed by atoms with E-state index in [1.165, 1.54) is 22.3 Å². The third-order valence-corrected chi connectivity index (χ3v) is 17.4. The van der Waals surface area contributed by atoms with Crippen LogP contribution in [0.25, 0.3) is 0 Å². The Balaban J connectivity index is 1.60. The molecule has 152 valence electrons. The highest BCUT2D eigenvalue weighted by atomic mass is 28.4. The Morgan fingerprint density at radius 1 is 0.467 bits per heavy atom. The monoisotopic (exact) mass is 460 g/mol. The van der Waals surface area contributed by atoms with Gasteiger partial charge in [0.1, 0.15) is 0 Å². The van der Waals surface area contributed by atoms with Crippen molar-refractivity contribution in [2.45, 2.75) is 48.4 Å². The molecular weight excluding hydrogens is 433 g/mol. The van der Waals surface area contributed by atoms with E-state index in [-0.39, 0.29) is 0 Å². The van der Waals surface area contributed by atoms with Gasteiger partial charge < -0.3 is 8.23 Å². The van der Waals surface area contributed by atoms with Crippen molar-refractivity contribution < 1.29 is 8.23 Å². The van der Waals surface area contributed by atoms with E-state index in [1.54, 1.807) is 0 Å². The number of hydrogen-bond donors (Lipinski definition) is 0. The molecule has 2 aromatic rings. The zero-order valence-electron chi connectivity index (χ0n) is 18.1. The Kier molecular flexibility index (Phi) is 5.72. The van der Waals surface area contributed by atoms with Gasteiger partial charge in [-0.1, -0.05) is 72.8 Å². The Labute approximate surface area is 187 Å². The maximum absolute atomic E-state index is 6.91. The van der Waals surface area contributed by atoms with Gasteiger partial charge in [-0.05, 0) is 48.4 Å². The fourth-order valence-electron chi connectivity index (χ4n) is 5.19. The predicted octanol–water partition coefficient (Wildman–Crippen LogP) is 5.55. The molecule has 5 rings (SSSR count). The second kappa shape index (κ2) is 8.33. The maximum Gasteiger partial charge on any atom is 0.206 e. The summed E-state index contributed by atoms with van der Waals surface area (Å²) < 4.78 is 13.8. The number of rotatable bonds is 0.